The van der Waals surface area contributed by atoms with E-state index in [-0.39, 0.29) is 11.8 Å². The minimum absolute atomic E-state index is 0.145. The number of aromatic nitrogens is 2. The van der Waals surface area contributed by atoms with Crippen LogP contribution in [-0.4, -0.2) is 15.7 Å². The van der Waals surface area contributed by atoms with E-state index in [0.29, 0.717) is 5.69 Å². The highest BCUT2D eigenvalue weighted by atomic mass is 79.9. The fraction of sp³-hybridized carbons (Fsp3) is 0.333. The van der Waals surface area contributed by atoms with Gasteiger partial charge in [-0.1, -0.05) is 12.1 Å². The highest BCUT2D eigenvalue weighted by Gasteiger charge is 2.44. The van der Waals surface area contributed by atoms with Crippen LogP contribution in [-0.2, 0) is 13.2 Å². The van der Waals surface area contributed by atoms with E-state index in [0.717, 1.165) is 38.2 Å². The first-order valence-corrected chi connectivity index (χ1v) is 9.87. The summed E-state index contributed by atoms with van der Waals surface area (Å²) in [4.78, 5) is 12.6. The van der Waals surface area contributed by atoms with E-state index >= 15 is 0 Å². The number of rotatable bonds is 2. The monoisotopic (exact) mass is 503 g/mol. The molecular formula is C18H14Br2F3N3O. The zero-order valence-electron chi connectivity index (χ0n) is 14.1. The van der Waals surface area contributed by atoms with Crippen LogP contribution in [0, 0.1) is 0 Å². The topological polar surface area (TPSA) is 46.9 Å². The zero-order chi connectivity index (χ0) is 19.5. The van der Waals surface area contributed by atoms with Gasteiger partial charge in [0, 0.05) is 30.8 Å². The summed E-state index contributed by atoms with van der Waals surface area (Å²) in [6.45, 7) is 0. The highest BCUT2D eigenvalue weighted by Crippen LogP contribution is 2.60. The fourth-order valence-electron chi connectivity index (χ4n) is 4.21. The van der Waals surface area contributed by atoms with Crippen molar-refractivity contribution in [3.05, 3.63) is 55.7 Å². The molecule has 9 heteroatoms. The second-order valence-electron chi connectivity index (χ2n) is 6.72. The molecule has 2 aliphatic carbocycles. The van der Waals surface area contributed by atoms with E-state index in [1.807, 2.05) is 12.1 Å². The maximum absolute atomic E-state index is 13.2. The lowest BCUT2D eigenvalue weighted by Crippen LogP contribution is -2.19. The van der Waals surface area contributed by atoms with Gasteiger partial charge in [-0.3, -0.25) is 9.48 Å². The van der Waals surface area contributed by atoms with Gasteiger partial charge in [0.15, 0.2) is 5.69 Å². The Hall–Kier alpha value is -1.61. The first kappa shape index (κ1) is 18.7. The van der Waals surface area contributed by atoms with Crippen molar-refractivity contribution in [2.45, 2.75) is 30.9 Å². The summed E-state index contributed by atoms with van der Waals surface area (Å²) in [7, 11) is 1.36. The maximum Gasteiger partial charge on any atom is 0.435 e. The van der Waals surface area contributed by atoms with Gasteiger partial charge >= 0.3 is 6.18 Å². The van der Waals surface area contributed by atoms with Crippen LogP contribution in [0.3, 0.4) is 0 Å². The van der Waals surface area contributed by atoms with Crippen molar-refractivity contribution >= 4 is 43.5 Å². The Balaban J connectivity index is 1.72. The molecule has 4 nitrogen and oxygen atoms in total. The third-order valence-electron chi connectivity index (χ3n) is 5.17. The molecule has 142 valence electrons. The lowest BCUT2D eigenvalue weighted by molar-refractivity contribution is -0.141. The smallest absolute Gasteiger partial charge is 0.322 e. The summed E-state index contributed by atoms with van der Waals surface area (Å²) in [5.41, 5.74) is 2.23. The number of hydrogen-bond donors (Lipinski definition) is 1. The Kier molecular flexibility index (Phi) is 4.50. The average Bonchev–Trinajstić information content (AvgIpc) is 3.25. The number of nitrogens with zero attached hydrogens (tertiary/aromatic N) is 2. The average molecular weight is 505 g/mol. The summed E-state index contributed by atoms with van der Waals surface area (Å²) >= 11 is 7.00. The number of nitrogens with one attached hydrogen (secondary N) is 1. The van der Waals surface area contributed by atoms with Crippen LogP contribution in [0.25, 0.3) is 0 Å². The molecule has 0 spiro atoms. The Labute approximate surface area is 170 Å². The molecule has 1 fully saturated rings. The van der Waals surface area contributed by atoms with Crippen molar-refractivity contribution in [1.82, 2.24) is 9.78 Å². The molecule has 2 aliphatic rings. The number of carbonyl (C=O) groups is 1. The standard InChI is InChI=1S/C18H14Br2F3N3O/c1-26-7-11(15(25-26)18(21,22)23)17(27)24-12-4-2-3-8-9-5-6-10(13(8)12)14(9)16(19)20/h2-4,7,9-10H,5-6H2,1H3,(H,24,27). The predicted octanol–water partition coefficient (Wildman–Crippen LogP) is 5.67. The van der Waals surface area contributed by atoms with Crippen LogP contribution >= 0.6 is 31.9 Å². The van der Waals surface area contributed by atoms with Crippen molar-refractivity contribution in [2.24, 2.45) is 7.05 Å². The number of halogens is 5. The molecule has 1 N–H and O–H groups in total. The van der Waals surface area contributed by atoms with Crippen LogP contribution in [0.15, 0.2) is 33.4 Å². The molecule has 1 heterocycles. The third kappa shape index (κ3) is 3.04. The first-order chi connectivity index (χ1) is 12.7. The number of allylic oxidation sites excluding steroid dienone is 1. The summed E-state index contributed by atoms with van der Waals surface area (Å²) in [6, 6.07) is 5.58. The van der Waals surface area contributed by atoms with Crippen LogP contribution in [0.2, 0.25) is 0 Å². The molecular weight excluding hydrogens is 491 g/mol. The molecule has 1 saturated carbocycles. The molecule has 0 aliphatic heterocycles. The minimum Gasteiger partial charge on any atom is -0.322 e. The number of anilines is 1. The maximum atomic E-state index is 13.2. The van der Waals surface area contributed by atoms with Gasteiger partial charge in [-0.05, 0) is 67.5 Å². The zero-order valence-corrected chi connectivity index (χ0v) is 17.2. The molecule has 0 saturated heterocycles. The van der Waals surface area contributed by atoms with Gasteiger partial charge in [0.2, 0.25) is 0 Å². The highest BCUT2D eigenvalue weighted by molar-refractivity contribution is 9.28. The number of alkyl halides is 3. The number of fused-ring (bicyclic) bond motifs is 5. The van der Waals surface area contributed by atoms with E-state index < -0.39 is 23.3 Å². The van der Waals surface area contributed by atoms with Gasteiger partial charge in [0.1, 0.15) is 0 Å². The van der Waals surface area contributed by atoms with Crippen LogP contribution < -0.4 is 5.32 Å². The summed E-state index contributed by atoms with van der Waals surface area (Å²) in [5.74, 6) is -0.402. The van der Waals surface area contributed by atoms with Gasteiger partial charge in [-0.25, -0.2) is 0 Å². The minimum atomic E-state index is -4.69. The Morgan fingerprint density at radius 3 is 2.63 bits per heavy atom. The predicted molar refractivity (Wildman–Crippen MR) is 102 cm³/mol. The van der Waals surface area contributed by atoms with Crippen LogP contribution in [0.4, 0.5) is 18.9 Å². The van der Waals surface area contributed by atoms with E-state index in [9.17, 15) is 18.0 Å². The van der Waals surface area contributed by atoms with Crippen LogP contribution in [0.1, 0.15) is 51.9 Å². The van der Waals surface area contributed by atoms with Crippen molar-refractivity contribution in [3.8, 4) is 0 Å². The van der Waals surface area contributed by atoms with Crippen molar-refractivity contribution in [2.75, 3.05) is 5.32 Å². The van der Waals surface area contributed by atoms with Gasteiger partial charge < -0.3 is 5.32 Å². The van der Waals surface area contributed by atoms with Crippen molar-refractivity contribution in [3.63, 3.8) is 0 Å². The molecule has 0 radical (unpaired) electrons. The quantitative estimate of drug-likeness (QED) is 0.573. The molecule has 2 unspecified atom stereocenters. The third-order valence-corrected chi connectivity index (χ3v) is 6.08. The molecule has 1 amide bonds. The number of amides is 1. The summed E-state index contributed by atoms with van der Waals surface area (Å²) < 4.78 is 41.4. The second-order valence-corrected chi connectivity index (χ2v) is 9.37. The molecule has 2 atom stereocenters. The molecule has 4 rings (SSSR count). The molecule has 2 bridgehead atoms. The number of aryl methyl sites for hydroxylation is 1. The van der Waals surface area contributed by atoms with E-state index in [1.54, 1.807) is 6.07 Å². The van der Waals surface area contributed by atoms with E-state index in [1.165, 1.54) is 12.6 Å². The molecule has 27 heavy (non-hydrogen) atoms. The Bertz CT molecular complexity index is 977. The Morgan fingerprint density at radius 2 is 1.96 bits per heavy atom. The number of benzene rings is 1. The lowest BCUT2D eigenvalue weighted by Gasteiger charge is -2.18. The molecule has 1 aromatic heterocycles. The fourth-order valence-corrected chi connectivity index (χ4v) is 5.32. The molecule has 2 aromatic rings. The lowest BCUT2D eigenvalue weighted by atomic mass is 9.90. The van der Waals surface area contributed by atoms with Gasteiger partial charge in [-0.15, -0.1) is 0 Å². The second kappa shape index (κ2) is 6.48. The van der Waals surface area contributed by atoms with Gasteiger partial charge in [-0.2, -0.15) is 18.3 Å². The summed E-state index contributed by atoms with van der Waals surface area (Å²) in [5, 5.41) is 6.08. The number of hydrogen-bond acceptors (Lipinski definition) is 2. The largest absolute Gasteiger partial charge is 0.435 e. The molecule has 1 aromatic carbocycles. The van der Waals surface area contributed by atoms with Gasteiger partial charge in [0.25, 0.3) is 5.91 Å². The van der Waals surface area contributed by atoms with E-state index in [2.05, 4.69) is 42.3 Å². The SMILES string of the molecule is Cn1cc(C(=O)Nc2cccc3c2C2CCC3C2=C(Br)Br)c(C(F)(F)F)n1. The van der Waals surface area contributed by atoms with E-state index in [4.69, 9.17) is 0 Å². The number of carbonyl (C=O) groups excluding carboxylic acids is 1. The Morgan fingerprint density at radius 1 is 1.26 bits per heavy atom. The van der Waals surface area contributed by atoms with Gasteiger partial charge in [0.05, 0.1) is 8.96 Å². The first-order valence-electron chi connectivity index (χ1n) is 8.28. The van der Waals surface area contributed by atoms with Crippen molar-refractivity contribution < 1.29 is 18.0 Å². The normalized spacial score (nSPS) is 20.7. The van der Waals surface area contributed by atoms with Crippen molar-refractivity contribution in [1.29, 1.82) is 0 Å². The van der Waals surface area contributed by atoms with Crippen LogP contribution in [0.5, 0.6) is 0 Å². The summed E-state index contributed by atoms with van der Waals surface area (Å²) in [6.07, 6.45) is -1.64.